The van der Waals surface area contributed by atoms with E-state index in [0.717, 1.165) is 11.3 Å². The second kappa shape index (κ2) is 6.01. The van der Waals surface area contributed by atoms with Crippen LogP contribution in [0.3, 0.4) is 0 Å². The summed E-state index contributed by atoms with van der Waals surface area (Å²) >= 11 is 0. The summed E-state index contributed by atoms with van der Waals surface area (Å²) in [6.45, 7) is 1.77. The molecule has 1 heterocycles. The van der Waals surface area contributed by atoms with E-state index in [2.05, 4.69) is 15.5 Å². The quantitative estimate of drug-likeness (QED) is 0.761. The first-order valence-electron chi connectivity index (χ1n) is 6.16. The number of carbonyl (C=O) groups excluding carboxylic acids is 1. The third kappa shape index (κ3) is 3.44. The van der Waals surface area contributed by atoms with Crippen molar-refractivity contribution in [3.8, 4) is 0 Å². The van der Waals surface area contributed by atoms with Crippen molar-refractivity contribution in [1.29, 1.82) is 0 Å². The molecule has 0 fully saturated rings. The van der Waals surface area contributed by atoms with Gasteiger partial charge in [0.05, 0.1) is 0 Å². The normalized spacial score (nSPS) is 11.8. The lowest BCUT2D eigenvalue weighted by Crippen LogP contribution is -2.42. The lowest BCUT2D eigenvalue weighted by molar-refractivity contribution is -0.139. The van der Waals surface area contributed by atoms with Gasteiger partial charge in [-0.3, -0.25) is 9.89 Å². The van der Waals surface area contributed by atoms with E-state index < -0.39 is 17.9 Å². The Morgan fingerprint density at radius 3 is 2.60 bits per heavy atom. The van der Waals surface area contributed by atoms with Crippen molar-refractivity contribution < 1.29 is 14.7 Å². The maximum Gasteiger partial charge on any atom is 0.326 e. The zero-order valence-electron chi connectivity index (χ0n) is 11.0. The fourth-order valence-corrected chi connectivity index (χ4v) is 1.82. The Labute approximate surface area is 115 Å². The number of nitrogens with one attached hydrogen (secondary N) is 2. The van der Waals surface area contributed by atoms with Gasteiger partial charge in [0.2, 0.25) is 0 Å². The molecule has 0 aliphatic heterocycles. The van der Waals surface area contributed by atoms with Crippen molar-refractivity contribution in [3.63, 3.8) is 0 Å². The molecule has 0 saturated heterocycles. The van der Waals surface area contributed by atoms with Crippen LogP contribution in [-0.4, -0.2) is 33.2 Å². The maximum atomic E-state index is 11.9. The van der Waals surface area contributed by atoms with E-state index in [0.29, 0.717) is 0 Å². The van der Waals surface area contributed by atoms with Crippen LogP contribution < -0.4 is 5.32 Å². The third-order valence-electron chi connectivity index (χ3n) is 2.82. The van der Waals surface area contributed by atoms with Gasteiger partial charge in [0.15, 0.2) is 0 Å². The van der Waals surface area contributed by atoms with Crippen LogP contribution >= 0.6 is 0 Å². The first kappa shape index (κ1) is 13.8. The van der Waals surface area contributed by atoms with E-state index in [1.807, 2.05) is 30.3 Å². The van der Waals surface area contributed by atoms with Crippen LogP contribution in [-0.2, 0) is 11.2 Å². The van der Waals surface area contributed by atoms with Gasteiger partial charge in [-0.2, -0.15) is 5.10 Å². The van der Waals surface area contributed by atoms with Gasteiger partial charge in [-0.25, -0.2) is 4.79 Å². The van der Waals surface area contributed by atoms with E-state index in [1.165, 1.54) is 0 Å². The van der Waals surface area contributed by atoms with Crippen molar-refractivity contribution in [3.05, 3.63) is 53.3 Å². The molecule has 6 nitrogen and oxygen atoms in total. The molecule has 104 valence electrons. The Hall–Kier alpha value is -2.63. The van der Waals surface area contributed by atoms with E-state index in [9.17, 15) is 14.7 Å². The first-order chi connectivity index (χ1) is 9.56. The molecule has 20 heavy (non-hydrogen) atoms. The van der Waals surface area contributed by atoms with Crippen molar-refractivity contribution >= 4 is 11.9 Å². The molecule has 2 rings (SSSR count). The van der Waals surface area contributed by atoms with Crippen LogP contribution in [0.2, 0.25) is 0 Å². The minimum atomic E-state index is -1.07. The Bertz CT molecular complexity index is 607. The summed E-state index contributed by atoms with van der Waals surface area (Å²) in [5.74, 6) is -1.58. The van der Waals surface area contributed by atoms with Crippen LogP contribution in [0.4, 0.5) is 0 Å². The molecular formula is C14H15N3O3. The Kier molecular flexibility index (Phi) is 4.14. The number of hydrogen-bond acceptors (Lipinski definition) is 3. The largest absolute Gasteiger partial charge is 0.480 e. The van der Waals surface area contributed by atoms with Gasteiger partial charge in [0, 0.05) is 12.1 Å². The number of carboxylic acid groups (broad SMARTS) is 1. The van der Waals surface area contributed by atoms with Gasteiger partial charge in [-0.1, -0.05) is 30.3 Å². The molecule has 0 saturated carbocycles. The average molecular weight is 273 g/mol. The highest BCUT2D eigenvalue weighted by molar-refractivity contribution is 5.95. The van der Waals surface area contributed by atoms with Crippen LogP contribution in [0.25, 0.3) is 0 Å². The number of carboxylic acids is 1. The predicted octanol–water partition coefficient (Wildman–Crippen LogP) is 1.14. The van der Waals surface area contributed by atoms with E-state index >= 15 is 0 Å². The standard InChI is InChI=1S/C14H15N3O3/c1-9-7-11(17-16-9)13(18)15-12(14(19)20)8-10-5-3-2-4-6-10/h2-7,12H,8H2,1H3,(H,15,18)(H,16,17)(H,19,20)/t12-/m1/s1. The summed E-state index contributed by atoms with van der Waals surface area (Å²) in [6.07, 6.45) is 0.227. The number of rotatable bonds is 5. The number of amides is 1. The minimum absolute atomic E-state index is 0.182. The second-order valence-corrected chi connectivity index (χ2v) is 4.49. The fraction of sp³-hybridized carbons (Fsp3) is 0.214. The third-order valence-corrected chi connectivity index (χ3v) is 2.82. The number of benzene rings is 1. The molecule has 1 aromatic carbocycles. The lowest BCUT2D eigenvalue weighted by Gasteiger charge is -2.13. The summed E-state index contributed by atoms with van der Waals surface area (Å²) in [5.41, 5.74) is 1.77. The molecule has 0 radical (unpaired) electrons. The summed E-state index contributed by atoms with van der Waals surface area (Å²) < 4.78 is 0. The van der Waals surface area contributed by atoms with Gasteiger partial charge in [0.1, 0.15) is 11.7 Å². The highest BCUT2D eigenvalue weighted by atomic mass is 16.4. The zero-order valence-corrected chi connectivity index (χ0v) is 11.0. The SMILES string of the molecule is Cc1cc(C(=O)N[C@H](Cc2ccccc2)C(=O)O)n[nH]1. The summed E-state index contributed by atoms with van der Waals surface area (Å²) in [5, 5.41) is 18.1. The molecule has 0 bridgehead atoms. The molecule has 1 aromatic heterocycles. The zero-order chi connectivity index (χ0) is 14.5. The smallest absolute Gasteiger partial charge is 0.326 e. The maximum absolute atomic E-state index is 11.9. The minimum Gasteiger partial charge on any atom is -0.480 e. The van der Waals surface area contributed by atoms with Crippen LogP contribution in [0.15, 0.2) is 36.4 Å². The molecule has 0 aliphatic rings. The molecule has 1 atom stereocenters. The van der Waals surface area contributed by atoms with Gasteiger partial charge >= 0.3 is 5.97 Å². The fourth-order valence-electron chi connectivity index (χ4n) is 1.82. The van der Waals surface area contributed by atoms with Gasteiger partial charge in [-0.15, -0.1) is 0 Å². The van der Waals surface area contributed by atoms with Crippen LogP contribution in [0.1, 0.15) is 21.7 Å². The topological polar surface area (TPSA) is 95.1 Å². The number of aryl methyl sites for hydroxylation is 1. The van der Waals surface area contributed by atoms with Crippen LogP contribution in [0, 0.1) is 6.92 Å². The van der Waals surface area contributed by atoms with Gasteiger partial charge in [0.25, 0.3) is 5.91 Å². The molecule has 0 unspecified atom stereocenters. The lowest BCUT2D eigenvalue weighted by atomic mass is 10.1. The first-order valence-corrected chi connectivity index (χ1v) is 6.16. The van der Waals surface area contributed by atoms with Crippen molar-refractivity contribution in [2.75, 3.05) is 0 Å². The molecule has 6 heteroatoms. The number of hydrogen-bond donors (Lipinski definition) is 3. The number of H-pyrrole nitrogens is 1. The highest BCUT2D eigenvalue weighted by Crippen LogP contribution is 2.05. The second-order valence-electron chi connectivity index (χ2n) is 4.49. The summed E-state index contributed by atoms with van der Waals surface area (Å²) in [4.78, 5) is 23.1. The van der Waals surface area contributed by atoms with E-state index in [-0.39, 0.29) is 12.1 Å². The summed E-state index contributed by atoms with van der Waals surface area (Å²) in [6, 6.07) is 9.73. The monoisotopic (exact) mass is 273 g/mol. The molecule has 0 aliphatic carbocycles. The molecule has 3 N–H and O–H groups in total. The molecule has 2 aromatic rings. The van der Waals surface area contributed by atoms with Crippen molar-refractivity contribution in [1.82, 2.24) is 15.5 Å². The Balaban J connectivity index is 2.06. The van der Waals surface area contributed by atoms with Gasteiger partial charge < -0.3 is 10.4 Å². The van der Waals surface area contributed by atoms with E-state index in [1.54, 1.807) is 13.0 Å². The molecular weight excluding hydrogens is 258 g/mol. The van der Waals surface area contributed by atoms with Crippen LogP contribution in [0.5, 0.6) is 0 Å². The number of aliphatic carboxylic acids is 1. The Morgan fingerprint density at radius 2 is 2.05 bits per heavy atom. The predicted molar refractivity (Wildman–Crippen MR) is 72.4 cm³/mol. The molecule has 0 spiro atoms. The molecule has 1 amide bonds. The number of aromatic nitrogens is 2. The highest BCUT2D eigenvalue weighted by Gasteiger charge is 2.22. The van der Waals surface area contributed by atoms with Gasteiger partial charge in [-0.05, 0) is 18.6 Å². The average Bonchev–Trinajstić information content (AvgIpc) is 2.86. The van der Waals surface area contributed by atoms with E-state index in [4.69, 9.17) is 0 Å². The number of aromatic amines is 1. The van der Waals surface area contributed by atoms with Crippen molar-refractivity contribution in [2.45, 2.75) is 19.4 Å². The Morgan fingerprint density at radius 1 is 1.35 bits per heavy atom. The number of carbonyl (C=O) groups is 2. The number of nitrogens with zero attached hydrogens (tertiary/aromatic N) is 1. The van der Waals surface area contributed by atoms with Crippen molar-refractivity contribution in [2.24, 2.45) is 0 Å². The summed E-state index contributed by atoms with van der Waals surface area (Å²) in [7, 11) is 0.